The summed E-state index contributed by atoms with van der Waals surface area (Å²) < 4.78 is 37.3. The van der Waals surface area contributed by atoms with Crippen LogP contribution < -0.4 is 5.73 Å². The Labute approximate surface area is 120 Å². The van der Waals surface area contributed by atoms with Crippen LogP contribution in [0.4, 0.5) is 13.2 Å². The van der Waals surface area contributed by atoms with Crippen LogP contribution in [-0.2, 0) is 6.18 Å². The number of rotatable bonds is 5. The van der Waals surface area contributed by atoms with E-state index in [2.05, 4.69) is 0 Å². The van der Waals surface area contributed by atoms with Crippen LogP contribution in [-0.4, -0.2) is 28.9 Å². The lowest BCUT2D eigenvalue weighted by Gasteiger charge is -2.20. The van der Waals surface area contributed by atoms with Gasteiger partial charge in [0.05, 0.1) is 10.6 Å². The van der Waals surface area contributed by atoms with Gasteiger partial charge in [-0.15, -0.1) is 0 Å². The third kappa shape index (κ3) is 4.48. The minimum atomic E-state index is -4.41. The van der Waals surface area contributed by atoms with E-state index in [4.69, 9.17) is 18.0 Å². The normalized spacial score (nSPS) is 11.2. The van der Waals surface area contributed by atoms with Crippen LogP contribution in [0.5, 0.6) is 0 Å². The zero-order valence-corrected chi connectivity index (χ0v) is 11.7. The first-order valence-corrected chi connectivity index (χ1v) is 6.41. The van der Waals surface area contributed by atoms with Crippen molar-refractivity contribution in [3.63, 3.8) is 0 Å². The number of carbonyl (C=O) groups excluding carboxylic acids is 1. The minimum absolute atomic E-state index is 0.211. The smallest absolute Gasteiger partial charge is 0.393 e. The van der Waals surface area contributed by atoms with Crippen LogP contribution in [0.15, 0.2) is 24.3 Å². The second-order valence-electron chi connectivity index (χ2n) is 4.18. The van der Waals surface area contributed by atoms with Crippen LogP contribution >= 0.6 is 12.2 Å². The predicted molar refractivity (Wildman–Crippen MR) is 74.4 cm³/mol. The van der Waals surface area contributed by atoms with Crippen LogP contribution in [0.1, 0.15) is 29.3 Å². The molecule has 0 aliphatic heterocycles. The van der Waals surface area contributed by atoms with Crippen LogP contribution in [0.2, 0.25) is 0 Å². The van der Waals surface area contributed by atoms with Gasteiger partial charge in [-0.25, -0.2) is 0 Å². The van der Waals surface area contributed by atoms with Crippen molar-refractivity contribution in [3.05, 3.63) is 35.4 Å². The zero-order valence-electron chi connectivity index (χ0n) is 10.9. The molecule has 0 saturated heterocycles. The molecular weight excluding hydrogens is 289 g/mol. The van der Waals surface area contributed by atoms with Gasteiger partial charge in [-0.05, 0) is 31.2 Å². The third-order valence-corrected chi connectivity index (χ3v) is 2.96. The second kappa shape index (κ2) is 6.69. The van der Waals surface area contributed by atoms with Crippen LogP contribution in [0, 0.1) is 0 Å². The Bertz CT molecular complexity index is 485. The minimum Gasteiger partial charge on any atom is -0.393 e. The Balaban J connectivity index is 2.82. The highest BCUT2D eigenvalue weighted by molar-refractivity contribution is 7.80. The van der Waals surface area contributed by atoms with Crippen molar-refractivity contribution in [2.24, 2.45) is 5.73 Å². The van der Waals surface area contributed by atoms with Gasteiger partial charge in [-0.1, -0.05) is 12.2 Å². The van der Waals surface area contributed by atoms with Crippen molar-refractivity contribution in [2.45, 2.75) is 19.5 Å². The molecule has 0 radical (unpaired) electrons. The van der Waals surface area contributed by atoms with Crippen molar-refractivity contribution in [3.8, 4) is 0 Å². The molecule has 0 bridgehead atoms. The average Bonchev–Trinajstić information content (AvgIpc) is 2.38. The second-order valence-corrected chi connectivity index (χ2v) is 4.70. The highest BCUT2D eigenvalue weighted by Crippen LogP contribution is 2.29. The van der Waals surface area contributed by atoms with E-state index in [1.54, 1.807) is 6.92 Å². The first-order chi connectivity index (χ1) is 9.25. The van der Waals surface area contributed by atoms with Crippen molar-refractivity contribution in [1.29, 1.82) is 0 Å². The van der Waals surface area contributed by atoms with Gasteiger partial charge < -0.3 is 10.6 Å². The quantitative estimate of drug-likeness (QED) is 0.851. The molecule has 0 atom stereocenters. The summed E-state index contributed by atoms with van der Waals surface area (Å²) >= 11 is 4.74. The van der Waals surface area contributed by atoms with Crippen molar-refractivity contribution >= 4 is 23.1 Å². The number of halogens is 3. The van der Waals surface area contributed by atoms with Gasteiger partial charge in [0.1, 0.15) is 0 Å². The summed E-state index contributed by atoms with van der Waals surface area (Å²) in [6.07, 6.45) is -4.02. The molecule has 1 rings (SSSR count). The number of amides is 1. The lowest BCUT2D eigenvalue weighted by atomic mass is 10.1. The van der Waals surface area contributed by atoms with Crippen molar-refractivity contribution < 1.29 is 18.0 Å². The van der Waals surface area contributed by atoms with Gasteiger partial charge in [0, 0.05) is 25.1 Å². The Morgan fingerprint density at radius 1 is 1.30 bits per heavy atom. The van der Waals surface area contributed by atoms with Crippen LogP contribution in [0.3, 0.4) is 0 Å². The zero-order chi connectivity index (χ0) is 15.3. The topological polar surface area (TPSA) is 46.3 Å². The molecule has 110 valence electrons. The summed E-state index contributed by atoms with van der Waals surface area (Å²) in [5.74, 6) is -0.336. The summed E-state index contributed by atoms with van der Waals surface area (Å²) in [4.78, 5) is 13.9. The molecule has 1 aromatic carbocycles. The standard InChI is InChI=1S/C13H15F3N2OS/c1-2-18(8-7-11(17)20)12(19)9-3-5-10(6-4-9)13(14,15)16/h3-6H,2,7-8H2,1H3,(H2,17,20). The highest BCUT2D eigenvalue weighted by atomic mass is 32.1. The summed E-state index contributed by atoms with van der Waals surface area (Å²) in [7, 11) is 0. The van der Waals surface area contributed by atoms with Gasteiger partial charge in [-0.3, -0.25) is 4.79 Å². The van der Waals surface area contributed by atoms with E-state index >= 15 is 0 Å². The number of benzene rings is 1. The number of hydrogen-bond acceptors (Lipinski definition) is 2. The van der Waals surface area contributed by atoms with E-state index in [-0.39, 0.29) is 11.5 Å². The molecule has 0 spiro atoms. The molecule has 2 N–H and O–H groups in total. The molecule has 20 heavy (non-hydrogen) atoms. The van der Waals surface area contributed by atoms with E-state index in [1.807, 2.05) is 0 Å². The van der Waals surface area contributed by atoms with E-state index in [9.17, 15) is 18.0 Å². The Morgan fingerprint density at radius 3 is 2.25 bits per heavy atom. The Kier molecular flexibility index (Phi) is 5.50. The maximum absolute atomic E-state index is 12.4. The maximum Gasteiger partial charge on any atom is 0.416 e. The van der Waals surface area contributed by atoms with E-state index in [0.29, 0.717) is 24.5 Å². The number of hydrogen-bond donors (Lipinski definition) is 1. The molecule has 0 aromatic heterocycles. The number of carbonyl (C=O) groups is 1. The van der Waals surface area contributed by atoms with Gasteiger partial charge >= 0.3 is 6.18 Å². The van der Waals surface area contributed by atoms with E-state index < -0.39 is 11.7 Å². The molecule has 1 amide bonds. The highest BCUT2D eigenvalue weighted by Gasteiger charge is 2.30. The average molecular weight is 304 g/mol. The molecule has 0 fully saturated rings. The summed E-state index contributed by atoms with van der Waals surface area (Å²) in [5.41, 5.74) is 4.80. The monoisotopic (exact) mass is 304 g/mol. The van der Waals surface area contributed by atoms with Gasteiger partial charge in [0.25, 0.3) is 5.91 Å². The Morgan fingerprint density at radius 2 is 1.85 bits per heavy atom. The summed E-state index contributed by atoms with van der Waals surface area (Å²) in [6, 6.07) is 4.15. The van der Waals surface area contributed by atoms with E-state index in [0.717, 1.165) is 12.1 Å². The Hall–Kier alpha value is -1.63. The summed E-state index contributed by atoms with van der Waals surface area (Å²) in [6.45, 7) is 2.57. The first kappa shape index (κ1) is 16.4. The van der Waals surface area contributed by atoms with Gasteiger partial charge in [0.2, 0.25) is 0 Å². The molecule has 0 aliphatic carbocycles. The molecule has 1 aromatic rings. The fraction of sp³-hybridized carbons (Fsp3) is 0.385. The fourth-order valence-corrected chi connectivity index (χ4v) is 1.72. The lowest BCUT2D eigenvalue weighted by molar-refractivity contribution is -0.137. The molecule has 0 aliphatic rings. The molecular formula is C13H15F3N2OS. The molecule has 0 saturated carbocycles. The van der Waals surface area contributed by atoms with Gasteiger partial charge in [-0.2, -0.15) is 13.2 Å². The van der Waals surface area contributed by atoms with Crippen molar-refractivity contribution in [2.75, 3.05) is 13.1 Å². The summed E-state index contributed by atoms with van der Waals surface area (Å²) in [5, 5.41) is 0. The first-order valence-electron chi connectivity index (χ1n) is 6.00. The SMILES string of the molecule is CCN(CCC(N)=S)C(=O)c1ccc(C(F)(F)F)cc1. The molecule has 3 nitrogen and oxygen atoms in total. The molecule has 7 heteroatoms. The maximum atomic E-state index is 12.4. The molecule has 0 unspecified atom stereocenters. The predicted octanol–water partition coefficient (Wildman–Crippen LogP) is 2.84. The largest absolute Gasteiger partial charge is 0.416 e. The number of nitrogens with zero attached hydrogens (tertiary/aromatic N) is 1. The van der Waals surface area contributed by atoms with Crippen LogP contribution in [0.25, 0.3) is 0 Å². The number of nitrogens with two attached hydrogens (primary N) is 1. The van der Waals surface area contributed by atoms with E-state index in [1.165, 1.54) is 17.0 Å². The number of alkyl halides is 3. The lowest BCUT2D eigenvalue weighted by Crippen LogP contribution is -2.33. The van der Waals surface area contributed by atoms with Gasteiger partial charge in [0.15, 0.2) is 0 Å². The third-order valence-electron chi connectivity index (χ3n) is 2.76. The molecule has 0 heterocycles. The number of thiocarbonyl (C=S) groups is 1. The fourth-order valence-electron chi connectivity index (χ4n) is 1.63. The van der Waals surface area contributed by atoms with Crippen molar-refractivity contribution in [1.82, 2.24) is 4.90 Å².